The zero-order valence-electron chi connectivity index (χ0n) is 10.9. The lowest BCUT2D eigenvalue weighted by Gasteiger charge is -2.09. The van der Waals surface area contributed by atoms with Gasteiger partial charge in [0.15, 0.2) is 5.75 Å². The van der Waals surface area contributed by atoms with Crippen molar-refractivity contribution in [2.45, 2.75) is 13.8 Å². The molecular formula is C14H12Cl2N2O2. The van der Waals surface area contributed by atoms with Gasteiger partial charge in [0, 0.05) is 11.4 Å². The second-order valence-electron chi connectivity index (χ2n) is 4.33. The molecule has 0 aliphatic heterocycles. The first-order valence-corrected chi connectivity index (χ1v) is 6.57. The maximum absolute atomic E-state index is 12.2. The van der Waals surface area contributed by atoms with Crippen LogP contribution in [-0.4, -0.2) is 16.0 Å². The van der Waals surface area contributed by atoms with Gasteiger partial charge in [0.2, 0.25) is 0 Å². The van der Waals surface area contributed by atoms with E-state index in [-0.39, 0.29) is 21.7 Å². The SMILES string of the molecule is Cc1ccc(C(=O)Nc2cc(Cl)c(O)c(Cl)c2)c(C)n1. The highest BCUT2D eigenvalue weighted by Gasteiger charge is 2.13. The maximum Gasteiger partial charge on any atom is 0.257 e. The molecule has 104 valence electrons. The number of hydrogen-bond donors (Lipinski definition) is 2. The van der Waals surface area contributed by atoms with Crippen molar-refractivity contribution in [1.82, 2.24) is 4.98 Å². The lowest BCUT2D eigenvalue weighted by molar-refractivity contribution is 0.102. The molecular weight excluding hydrogens is 299 g/mol. The van der Waals surface area contributed by atoms with Crippen LogP contribution in [0, 0.1) is 13.8 Å². The number of aromatic nitrogens is 1. The van der Waals surface area contributed by atoms with Gasteiger partial charge in [-0.1, -0.05) is 23.2 Å². The molecule has 20 heavy (non-hydrogen) atoms. The Morgan fingerprint density at radius 2 is 1.80 bits per heavy atom. The van der Waals surface area contributed by atoms with Gasteiger partial charge in [-0.05, 0) is 38.1 Å². The number of carbonyl (C=O) groups is 1. The Morgan fingerprint density at radius 1 is 1.20 bits per heavy atom. The van der Waals surface area contributed by atoms with E-state index in [0.717, 1.165) is 5.69 Å². The molecule has 6 heteroatoms. The minimum absolute atomic E-state index is 0.0755. The molecule has 0 saturated carbocycles. The molecule has 0 bridgehead atoms. The van der Waals surface area contributed by atoms with Crippen LogP contribution in [0.15, 0.2) is 24.3 Å². The number of phenolic OH excluding ortho intramolecular Hbond substituents is 1. The molecule has 1 amide bonds. The molecule has 0 unspecified atom stereocenters. The molecule has 1 aromatic carbocycles. The summed E-state index contributed by atoms with van der Waals surface area (Å²) in [5, 5.41) is 12.3. The number of phenols is 1. The molecule has 0 aliphatic rings. The Hall–Kier alpha value is -1.78. The van der Waals surface area contributed by atoms with Gasteiger partial charge in [0.25, 0.3) is 5.91 Å². The largest absolute Gasteiger partial charge is 0.505 e. The highest BCUT2D eigenvalue weighted by Crippen LogP contribution is 2.34. The van der Waals surface area contributed by atoms with Gasteiger partial charge in [-0.15, -0.1) is 0 Å². The Labute approximate surface area is 126 Å². The van der Waals surface area contributed by atoms with Crippen LogP contribution in [-0.2, 0) is 0 Å². The highest BCUT2D eigenvalue weighted by molar-refractivity contribution is 6.37. The molecule has 4 nitrogen and oxygen atoms in total. The van der Waals surface area contributed by atoms with Crippen molar-refractivity contribution in [3.63, 3.8) is 0 Å². The summed E-state index contributed by atoms with van der Waals surface area (Å²) in [5.41, 5.74) is 2.35. The van der Waals surface area contributed by atoms with Crippen LogP contribution in [0.25, 0.3) is 0 Å². The third kappa shape index (κ3) is 3.03. The quantitative estimate of drug-likeness (QED) is 0.825. The number of pyridine rings is 1. The van der Waals surface area contributed by atoms with Crippen LogP contribution in [0.3, 0.4) is 0 Å². The van der Waals surface area contributed by atoms with Gasteiger partial charge in [-0.3, -0.25) is 9.78 Å². The van der Waals surface area contributed by atoms with Crippen molar-refractivity contribution in [3.8, 4) is 5.75 Å². The Bertz CT molecular complexity index is 664. The molecule has 0 aliphatic carbocycles. The van der Waals surface area contributed by atoms with E-state index >= 15 is 0 Å². The summed E-state index contributed by atoms with van der Waals surface area (Å²) in [7, 11) is 0. The minimum atomic E-state index is -0.312. The molecule has 0 spiro atoms. The number of hydrogen-bond acceptors (Lipinski definition) is 3. The number of benzene rings is 1. The molecule has 0 saturated heterocycles. The first-order chi connectivity index (χ1) is 9.38. The number of anilines is 1. The van der Waals surface area contributed by atoms with Crippen LogP contribution in [0.4, 0.5) is 5.69 Å². The number of nitrogens with zero attached hydrogens (tertiary/aromatic N) is 1. The third-order valence-electron chi connectivity index (χ3n) is 2.74. The van der Waals surface area contributed by atoms with Crippen molar-refractivity contribution >= 4 is 34.8 Å². The topological polar surface area (TPSA) is 62.2 Å². The number of aryl methyl sites for hydroxylation is 2. The Kier molecular flexibility index (Phi) is 4.16. The zero-order valence-corrected chi connectivity index (χ0v) is 12.4. The number of halogens is 2. The van der Waals surface area contributed by atoms with E-state index in [9.17, 15) is 9.90 Å². The molecule has 2 aromatic rings. The first-order valence-electron chi connectivity index (χ1n) is 5.82. The minimum Gasteiger partial charge on any atom is -0.505 e. The average Bonchev–Trinajstić information content (AvgIpc) is 2.35. The monoisotopic (exact) mass is 310 g/mol. The van der Waals surface area contributed by atoms with Crippen LogP contribution < -0.4 is 5.32 Å². The van der Waals surface area contributed by atoms with E-state index < -0.39 is 0 Å². The van der Waals surface area contributed by atoms with Crippen molar-refractivity contribution in [2.75, 3.05) is 5.32 Å². The summed E-state index contributed by atoms with van der Waals surface area (Å²) in [5.74, 6) is -0.521. The summed E-state index contributed by atoms with van der Waals surface area (Å²) >= 11 is 11.6. The molecule has 0 atom stereocenters. The molecule has 1 heterocycles. The lowest BCUT2D eigenvalue weighted by atomic mass is 10.1. The smallest absolute Gasteiger partial charge is 0.257 e. The van der Waals surface area contributed by atoms with Crippen LogP contribution >= 0.6 is 23.2 Å². The van der Waals surface area contributed by atoms with Crippen molar-refractivity contribution in [2.24, 2.45) is 0 Å². The summed E-state index contributed by atoms with van der Waals surface area (Å²) in [6.07, 6.45) is 0. The fourth-order valence-corrected chi connectivity index (χ4v) is 2.25. The van der Waals surface area contributed by atoms with Crippen molar-refractivity contribution < 1.29 is 9.90 Å². The van der Waals surface area contributed by atoms with Gasteiger partial charge >= 0.3 is 0 Å². The van der Waals surface area contributed by atoms with Crippen LogP contribution in [0.2, 0.25) is 10.0 Å². The zero-order chi connectivity index (χ0) is 14.9. The van der Waals surface area contributed by atoms with Crippen molar-refractivity contribution in [3.05, 3.63) is 51.3 Å². The standard InChI is InChI=1S/C14H12Cl2N2O2/c1-7-3-4-10(8(2)17-7)14(20)18-9-5-11(15)13(19)12(16)6-9/h3-6,19H,1-2H3,(H,18,20). The lowest BCUT2D eigenvalue weighted by Crippen LogP contribution is -2.14. The predicted molar refractivity (Wildman–Crippen MR) is 79.8 cm³/mol. The van der Waals surface area contributed by atoms with Crippen LogP contribution in [0.1, 0.15) is 21.7 Å². The van der Waals surface area contributed by atoms with E-state index in [2.05, 4.69) is 10.3 Å². The number of aromatic hydroxyl groups is 1. The number of rotatable bonds is 2. The second kappa shape index (κ2) is 5.69. The molecule has 1 aromatic heterocycles. The summed E-state index contributed by atoms with van der Waals surface area (Å²) < 4.78 is 0. The Balaban J connectivity index is 2.28. The maximum atomic E-state index is 12.2. The molecule has 2 rings (SSSR count). The predicted octanol–water partition coefficient (Wildman–Crippen LogP) is 3.96. The van der Waals surface area contributed by atoms with Gasteiger partial charge in [0.1, 0.15) is 0 Å². The summed E-state index contributed by atoms with van der Waals surface area (Å²) in [6, 6.07) is 6.32. The average molecular weight is 311 g/mol. The normalized spacial score (nSPS) is 10.4. The van der Waals surface area contributed by atoms with E-state index in [0.29, 0.717) is 16.9 Å². The van der Waals surface area contributed by atoms with Gasteiger partial charge in [-0.2, -0.15) is 0 Å². The Morgan fingerprint density at radius 3 is 2.35 bits per heavy atom. The number of amides is 1. The molecule has 2 N–H and O–H groups in total. The van der Waals surface area contributed by atoms with Gasteiger partial charge < -0.3 is 10.4 Å². The van der Waals surface area contributed by atoms with Gasteiger partial charge in [0.05, 0.1) is 21.3 Å². The van der Waals surface area contributed by atoms with E-state index in [4.69, 9.17) is 23.2 Å². The van der Waals surface area contributed by atoms with Crippen LogP contribution in [0.5, 0.6) is 5.75 Å². The first kappa shape index (κ1) is 14.6. The number of nitrogens with one attached hydrogen (secondary N) is 1. The number of carbonyl (C=O) groups excluding carboxylic acids is 1. The fourth-order valence-electron chi connectivity index (χ4n) is 1.76. The summed E-state index contributed by atoms with van der Waals surface area (Å²) in [6.45, 7) is 3.62. The molecule has 0 fully saturated rings. The second-order valence-corrected chi connectivity index (χ2v) is 5.14. The van der Waals surface area contributed by atoms with E-state index in [1.165, 1.54) is 12.1 Å². The van der Waals surface area contributed by atoms with E-state index in [1.54, 1.807) is 19.1 Å². The molecule has 0 radical (unpaired) electrons. The van der Waals surface area contributed by atoms with Gasteiger partial charge in [-0.25, -0.2) is 0 Å². The summed E-state index contributed by atoms with van der Waals surface area (Å²) in [4.78, 5) is 16.4. The third-order valence-corrected chi connectivity index (χ3v) is 3.32. The fraction of sp³-hybridized carbons (Fsp3) is 0.143. The van der Waals surface area contributed by atoms with E-state index in [1.807, 2.05) is 6.92 Å². The highest BCUT2D eigenvalue weighted by atomic mass is 35.5. The van der Waals surface area contributed by atoms with Crippen molar-refractivity contribution in [1.29, 1.82) is 0 Å².